The zero-order valence-corrected chi connectivity index (χ0v) is 37.5. The van der Waals surface area contributed by atoms with E-state index >= 15 is 0 Å². The normalized spacial score (nSPS) is 12.6. The third-order valence-electron chi connectivity index (χ3n) is 11.5. The van der Waals surface area contributed by atoms with Crippen molar-refractivity contribution in [1.29, 1.82) is 0 Å². The second-order valence-electron chi connectivity index (χ2n) is 16.5. The van der Waals surface area contributed by atoms with Gasteiger partial charge in [0.1, 0.15) is 5.82 Å². The molecule has 0 aliphatic heterocycles. The number of imidazole rings is 1. The van der Waals surface area contributed by atoms with Crippen molar-refractivity contribution in [2.24, 2.45) is 0 Å². The molecule has 6 heteroatoms. The van der Waals surface area contributed by atoms with E-state index in [-0.39, 0.29) is 44.1 Å². The van der Waals surface area contributed by atoms with Crippen LogP contribution in [0.25, 0.3) is 83.4 Å². The largest absolute Gasteiger partial charge is 0.510 e. The van der Waals surface area contributed by atoms with Crippen LogP contribution in [0.15, 0.2) is 200 Å². The van der Waals surface area contributed by atoms with Crippen molar-refractivity contribution in [2.45, 2.75) is 26.2 Å². The fourth-order valence-corrected chi connectivity index (χ4v) is 8.50. The zero-order valence-electron chi connectivity index (χ0n) is 40.2. The maximum absolute atomic E-state index is 8.99. The molecule has 0 N–H and O–H groups in total. The monoisotopic (exact) mass is 1010 g/mol. The van der Waals surface area contributed by atoms with Crippen LogP contribution in [-0.4, -0.2) is 14.1 Å². The fourth-order valence-electron chi connectivity index (χ4n) is 8.50. The first-order valence-corrected chi connectivity index (χ1v) is 20.9. The first kappa shape index (κ1) is 35.2. The molecule has 0 bridgehead atoms. The Labute approximate surface area is 394 Å². The van der Waals surface area contributed by atoms with E-state index in [0.717, 1.165) is 60.9 Å². The summed E-state index contributed by atoms with van der Waals surface area (Å²) in [6.45, 7) is 6.59. The van der Waals surface area contributed by atoms with Crippen molar-refractivity contribution in [2.75, 3.05) is 0 Å². The third kappa shape index (κ3) is 7.32. The molecule has 8 aromatic carbocycles. The number of fused-ring (bicyclic) bond motifs is 4. The van der Waals surface area contributed by atoms with Gasteiger partial charge in [-0.25, -0.2) is 4.98 Å². The predicted molar refractivity (Wildman–Crippen MR) is 255 cm³/mol. The molecule has 0 amide bonds. The third-order valence-corrected chi connectivity index (χ3v) is 11.5. The van der Waals surface area contributed by atoms with E-state index in [1.54, 1.807) is 6.07 Å². The average Bonchev–Trinajstić information content (AvgIpc) is 3.92. The number of para-hydroxylation sites is 3. The summed E-state index contributed by atoms with van der Waals surface area (Å²) in [5.41, 5.74) is 10.3. The summed E-state index contributed by atoms with van der Waals surface area (Å²) in [6.07, 6.45) is 5.49. The summed E-state index contributed by atoms with van der Waals surface area (Å²) in [6, 6.07) is 59.5. The van der Waals surface area contributed by atoms with E-state index in [0.29, 0.717) is 28.4 Å². The number of aromatic nitrogens is 4. The molecule has 0 aliphatic carbocycles. The molecular formula is C58H42N4OPt-2. The Hall–Kier alpha value is -7.33. The van der Waals surface area contributed by atoms with E-state index < -0.39 is 18.1 Å². The second kappa shape index (κ2) is 16.7. The van der Waals surface area contributed by atoms with Crippen LogP contribution >= 0.6 is 0 Å². The van der Waals surface area contributed by atoms with Gasteiger partial charge >= 0.3 is 0 Å². The van der Waals surface area contributed by atoms with Gasteiger partial charge in [0.05, 0.1) is 23.6 Å². The van der Waals surface area contributed by atoms with Crippen LogP contribution in [0.2, 0.25) is 0 Å². The van der Waals surface area contributed by atoms with Crippen LogP contribution in [-0.2, 0) is 26.5 Å². The molecule has 3 aromatic heterocycles. The minimum Gasteiger partial charge on any atom is -0.510 e. The van der Waals surface area contributed by atoms with E-state index in [2.05, 4.69) is 104 Å². The van der Waals surface area contributed by atoms with Crippen LogP contribution in [0.1, 0.15) is 33.2 Å². The Kier molecular flexibility index (Phi) is 9.20. The van der Waals surface area contributed by atoms with Gasteiger partial charge in [-0.2, -0.15) is 18.2 Å². The molecule has 11 aromatic rings. The first-order valence-electron chi connectivity index (χ1n) is 23.4. The smallest absolute Gasteiger partial charge is 0.268 e. The number of hydrogen-bond donors (Lipinski definition) is 0. The quantitative estimate of drug-likeness (QED) is 0.112. The number of pyridine rings is 1. The van der Waals surface area contributed by atoms with E-state index in [1.165, 1.54) is 5.56 Å². The van der Waals surface area contributed by atoms with Gasteiger partial charge in [-0.05, 0) is 79.7 Å². The molecule has 0 unspecified atom stereocenters. The van der Waals surface area contributed by atoms with Gasteiger partial charge < -0.3 is 13.9 Å². The Morgan fingerprint density at radius 3 is 2.11 bits per heavy atom. The summed E-state index contributed by atoms with van der Waals surface area (Å²) in [5.74, 6) is 1.76. The molecule has 0 fully saturated rings. The number of benzene rings is 8. The molecule has 0 spiro atoms. The van der Waals surface area contributed by atoms with E-state index in [9.17, 15) is 0 Å². The number of rotatable bonds is 8. The van der Waals surface area contributed by atoms with Crippen molar-refractivity contribution in [3.8, 4) is 62.1 Å². The Bertz CT molecular complexity index is 3760. The van der Waals surface area contributed by atoms with Crippen LogP contribution in [0.3, 0.4) is 0 Å². The van der Waals surface area contributed by atoms with Crippen molar-refractivity contribution >= 4 is 32.8 Å². The summed E-state index contributed by atoms with van der Waals surface area (Å²) in [4.78, 5) is 4.84. The molecule has 3 heterocycles. The van der Waals surface area contributed by atoms with Crippen molar-refractivity contribution in [3.63, 3.8) is 0 Å². The Balaban J connectivity index is 0.00000553. The molecule has 312 valence electrons. The zero-order chi connectivity index (χ0) is 46.8. The molecule has 11 rings (SSSR count). The average molecular weight is 1010 g/mol. The summed E-state index contributed by atoms with van der Waals surface area (Å²) in [5, 5.41) is 2.11. The van der Waals surface area contributed by atoms with E-state index in [4.69, 9.17) is 16.6 Å². The molecule has 0 radical (unpaired) electrons. The SMILES string of the molecule is [2H]c1c([2H])c([2H])c(-c2ccccc2-[n+]2[c-]n(-c3[c-]c(Oc4[c-]c5c(cc4)c4ccccc4n5-c4cc(C(C)(C)C)ccn4)ccc3)c3cccc(-c4ccccc4-c4ccccc4)c32)c([2H])c1[2H].[Pt]. The molecule has 0 atom stereocenters. The molecule has 0 saturated heterocycles. The topological polar surface area (TPSA) is 35.9 Å². The van der Waals surface area contributed by atoms with Crippen molar-refractivity contribution in [3.05, 3.63) is 224 Å². The first-order chi connectivity index (χ1) is 33.0. The van der Waals surface area contributed by atoms with Gasteiger partial charge in [0.2, 0.25) is 0 Å². The predicted octanol–water partition coefficient (Wildman–Crippen LogP) is 13.9. The summed E-state index contributed by atoms with van der Waals surface area (Å²) < 4.78 is 56.0. The standard InChI is InChI=1S/C58H42N4O.Pt/c1-58(2,3)42-34-35-59-56(36-42)62-53-30-15-13-27-49(53)50-33-32-45(38-55(50)62)63-44-23-16-22-43(37-44)60-39-61(52-29-14-12-25-47(52)41-20-8-5-9-21-41)57-51(28-17-31-54(57)60)48-26-11-10-24-46(48)40-18-6-4-7-19-40;/h4-36H,1-3H3;/q-2;/i5D,8D,9D,20D,21D;. The molecule has 64 heavy (non-hydrogen) atoms. The molecule has 0 saturated carbocycles. The van der Waals surface area contributed by atoms with Gasteiger partial charge in [0.15, 0.2) is 0 Å². The van der Waals surface area contributed by atoms with Gasteiger partial charge in [0.25, 0.3) is 6.33 Å². The number of nitrogens with zero attached hydrogens (tertiary/aromatic N) is 4. The summed E-state index contributed by atoms with van der Waals surface area (Å²) in [7, 11) is 0. The Morgan fingerprint density at radius 1 is 0.594 bits per heavy atom. The minimum absolute atomic E-state index is 0. The van der Waals surface area contributed by atoms with Crippen LogP contribution in [0.5, 0.6) is 11.5 Å². The van der Waals surface area contributed by atoms with Crippen LogP contribution in [0, 0.1) is 18.5 Å². The molecule has 0 aliphatic rings. The molecule has 5 nitrogen and oxygen atoms in total. The molecular weight excluding hydrogens is 964 g/mol. The van der Waals surface area contributed by atoms with Gasteiger partial charge in [-0.1, -0.05) is 166 Å². The van der Waals surface area contributed by atoms with Crippen molar-refractivity contribution in [1.82, 2.24) is 14.1 Å². The van der Waals surface area contributed by atoms with Gasteiger partial charge in [0, 0.05) is 44.3 Å². The van der Waals surface area contributed by atoms with Crippen molar-refractivity contribution < 1.29 is 37.2 Å². The number of hydrogen-bond acceptors (Lipinski definition) is 2. The number of ether oxygens (including phenoxy) is 1. The maximum atomic E-state index is 8.99. The van der Waals surface area contributed by atoms with Gasteiger partial charge in [-0.3, -0.25) is 4.57 Å². The maximum Gasteiger partial charge on any atom is 0.268 e. The fraction of sp³-hybridized carbons (Fsp3) is 0.0690. The van der Waals surface area contributed by atoms with Crippen LogP contribution in [0.4, 0.5) is 0 Å². The Morgan fingerprint density at radius 2 is 1.28 bits per heavy atom. The van der Waals surface area contributed by atoms with Crippen LogP contribution < -0.4 is 9.30 Å². The van der Waals surface area contributed by atoms with E-state index in [1.807, 2.05) is 112 Å². The summed E-state index contributed by atoms with van der Waals surface area (Å²) >= 11 is 0. The minimum atomic E-state index is -0.447. The second-order valence-corrected chi connectivity index (χ2v) is 16.5. The van der Waals surface area contributed by atoms with Gasteiger partial charge in [-0.15, -0.1) is 29.7 Å².